The summed E-state index contributed by atoms with van der Waals surface area (Å²) in [7, 11) is 0. The third kappa shape index (κ3) is 4.06. The SMILES string of the molecule is O=C(Nc1ccc(C(F)(F)F)cc1)[C@H]1CCCn2cccc2[C@@H]1c1ccccc1. The van der Waals surface area contributed by atoms with Gasteiger partial charge in [0.2, 0.25) is 5.91 Å². The first-order chi connectivity index (χ1) is 13.9. The number of fused-ring (bicyclic) bond motifs is 1. The minimum atomic E-state index is -4.40. The summed E-state index contributed by atoms with van der Waals surface area (Å²) in [5, 5.41) is 2.83. The van der Waals surface area contributed by atoms with Gasteiger partial charge >= 0.3 is 6.18 Å². The number of aromatic nitrogens is 1. The largest absolute Gasteiger partial charge is 0.416 e. The van der Waals surface area contributed by atoms with Crippen LogP contribution in [0.5, 0.6) is 0 Å². The standard InChI is InChI=1S/C23H21F3N2O/c24-23(25,26)17-10-12-18(13-11-17)27-22(29)19-8-4-14-28-15-5-9-20(28)21(19)16-6-2-1-3-7-16/h1-3,5-7,9-13,15,19,21H,4,8,14H2,(H,27,29)/t19-,21+/m0/s1. The quantitative estimate of drug-likeness (QED) is 0.604. The fourth-order valence-corrected chi connectivity index (χ4v) is 4.09. The Bertz CT molecular complexity index is 977. The van der Waals surface area contributed by atoms with E-state index in [-0.39, 0.29) is 17.7 Å². The summed E-state index contributed by atoms with van der Waals surface area (Å²) in [6.07, 6.45) is -0.807. The Morgan fingerprint density at radius 1 is 0.966 bits per heavy atom. The smallest absolute Gasteiger partial charge is 0.351 e. The van der Waals surface area contributed by atoms with Crippen molar-refractivity contribution in [2.24, 2.45) is 5.92 Å². The highest BCUT2D eigenvalue weighted by Crippen LogP contribution is 2.38. The predicted octanol–water partition coefficient (Wildman–Crippen LogP) is 5.69. The monoisotopic (exact) mass is 398 g/mol. The van der Waals surface area contributed by atoms with Crippen molar-refractivity contribution >= 4 is 11.6 Å². The Morgan fingerprint density at radius 2 is 1.69 bits per heavy atom. The van der Waals surface area contributed by atoms with Crippen LogP contribution in [0, 0.1) is 5.92 Å². The Hall–Kier alpha value is -3.02. The molecule has 0 bridgehead atoms. The van der Waals surface area contributed by atoms with Crippen LogP contribution in [0.15, 0.2) is 72.9 Å². The van der Waals surface area contributed by atoms with E-state index in [0.29, 0.717) is 12.1 Å². The molecule has 1 N–H and O–H groups in total. The highest BCUT2D eigenvalue weighted by molar-refractivity contribution is 5.93. The molecule has 6 heteroatoms. The average Bonchev–Trinajstić information content (AvgIpc) is 3.08. The molecule has 29 heavy (non-hydrogen) atoms. The molecule has 0 aliphatic carbocycles. The van der Waals surface area contributed by atoms with Gasteiger partial charge in [-0.25, -0.2) is 0 Å². The fraction of sp³-hybridized carbons (Fsp3) is 0.261. The molecule has 0 spiro atoms. The van der Waals surface area contributed by atoms with Gasteiger partial charge in [0, 0.05) is 30.0 Å². The van der Waals surface area contributed by atoms with Gasteiger partial charge in [0.25, 0.3) is 0 Å². The first-order valence-corrected chi connectivity index (χ1v) is 9.61. The van der Waals surface area contributed by atoms with E-state index in [9.17, 15) is 18.0 Å². The molecule has 0 radical (unpaired) electrons. The predicted molar refractivity (Wildman–Crippen MR) is 106 cm³/mol. The van der Waals surface area contributed by atoms with E-state index in [1.165, 1.54) is 12.1 Å². The number of halogens is 3. The molecular weight excluding hydrogens is 377 g/mol. The van der Waals surface area contributed by atoms with Crippen molar-refractivity contribution in [1.29, 1.82) is 0 Å². The number of nitrogens with zero attached hydrogens (tertiary/aromatic N) is 1. The number of anilines is 1. The fourth-order valence-electron chi connectivity index (χ4n) is 4.09. The lowest BCUT2D eigenvalue weighted by molar-refractivity contribution is -0.137. The lowest BCUT2D eigenvalue weighted by atomic mass is 9.81. The molecule has 0 fully saturated rings. The van der Waals surface area contributed by atoms with E-state index in [1.54, 1.807) is 0 Å². The van der Waals surface area contributed by atoms with Crippen LogP contribution < -0.4 is 5.32 Å². The average molecular weight is 398 g/mol. The van der Waals surface area contributed by atoms with Gasteiger partial charge in [-0.2, -0.15) is 13.2 Å². The van der Waals surface area contributed by atoms with Crippen molar-refractivity contribution in [1.82, 2.24) is 4.57 Å². The topological polar surface area (TPSA) is 34.0 Å². The molecule has 1 aliphatic heterocycles. The van der Waals surface area contributed by atoms with E-state index in [0.717, 1.165) is 36.4 Å². The maximum absolute atomic E-state index is 13.2. The van der Waals surface area contributed by atoms with E-state index < -0.39 is 11.7 Å². The van der Waals surface area contributed by atoms with E-state index in [2.05, 4.69) is 9.88 Å². The lowest BCUT2D eigenvalue weighted by Crippen LogP contribution is -2.28. The number of carbonyl (C=O) groups is 1. The van der Waals surface area contributed by atoms with Crippen molar-refractivity contribution < 1.29 is 18.0 Å². The third-order valence-electron chi connectivity index (χ3n) is 5.48. The number of rotatable bonds is 3. The zero-order chi connectivity index (χ0) is 20.4. The van der Waals surface area contributed by atoms with Crippen LogP contribution in [0.1, 0.15) is 35.6 Å². The second kappa shape index (κ2) is 7.78. The summed E-state index contributed by atoms with van der Waals surface area (Å²) in [6, 6.07) is 18.5. The number of amides is 1. The summed E-state index contributed by atoms with van der Waals surface area (Å²) in [6.45, 7) is 0.843. The Labute approximate surface area is 167 Å². The van der Waals surface area contributed by atoms with Gasteiger partial charge in [0.1, 0.15) is 0 Å². The minimum Gasteiger partial charge on any atom is -0.351 e. The van der Waals surface area contributed by atoms with Crippen molar-refractivity contribution in [3.05, 3.63) is 89.7 Å². The number of alkyl halides is 3. The molecule has 3 nitrogen and oxygen atoms in total. The maximum atomic E-state index is 13.2. The van der Waals surface area contributed by atoms with E-state index in [1.807, 2.05) is 48.7 Å². The zero-order valence-corrected chi connectivity index (χ0v) is 15.7. The first kappa shape index (κ1) is 19.3. The zero-order valence-electron chi connectivity index (χ0n) is 15.7. The highest BCUT2D eigenvalue weighted by atomic mass is 19.4. The van der Waals surface area contributed by atoms with Crippen LogP contribution in [0.4, 0.5) is 18.9 Å². The van der Waals surface area contributed by atoms with Crippen LogP contribution in [0.25, 0.3) is 0 Å². The van der Waals surface area contributed by atoms with Gasteiger partial charge in [-0.05, 0) is 54.8 Å². The second-order valence-electron chi connectivity index (χ2n) is 7.33. The van der Waals surface area contributed by atoms with Crippen LogP contribution in [0.3, 0.4) is 0 Å². The molecule has 0 unspecified atom stereocenters. The third-order valence-corrected chi connectivity index (χ3v) is 5.48. The van der Waals surface area contributed by atoms with Crippen LogP contribution >= 0.6 is 0 Å². The minimum absolute atomic E-state index is 0.108. The molecular formula is C23H21F3N2O. The van der Waals surface area contributed by atoms with Crippen molar-refractivity contribution in [2.75, 3.05) is 5.32 Å². The molecule has 2 atom stereocenters. The van der Waals surface area contributed by atoms with E-state index in [4.69, 9.17) is 0 Å². The van der Waals surface area contributed by atoms with E-state index >= 15 is 0 Å². The molecule has 3 aromatic rings. The molecule has 1 aromatic heterocycles. The Morgan fingerprint density at radius 3 is 2.38 bits per heavy atom. The van der Waals surface area contributed by atoms with Gasteiger partial charge < -0.3 is 9.88 Å². The number of nitrogens with one attached hydrogen (secondary N) is 1. The number of hydrogen-bond acceptors (Lipinski definition) is 1. The van der Waals surface area contributed by atoms with Crippen molar-refractivity contribution in [3.63, 3.8) is 0 Å². The summed E-state index contributed by atoms with van der Waals surface area (Å²) in [4.78, 5) is 13.2. The Balaban J connectivity index is 1.62. The van der Waals surface area contributed by atoms with Gasteiger partial charge in [-0.15, -0.1) is 0 Å². The first-order valence-electron chi connectivity index (χ1n) is 9.61. The Kier molecular flexibility index (Phi) is 5.18. The molecule has 150 valence electrons. The molecule has 1 amide bonds. The summed E-state index contributed by atoms with van der Waals surface area (Å²) >= 11 is 0. The molecule has 4 rings (SSSR count). The number of hydrogen-bond donors (Lipinski definition) is 1. The molecule has 0 saturated carbocycles. The summed E-state index contributed by atoms with van der Waals surface area (Å²) in [5.41, 5.74) is 1.78. The van der Waals surface area contributed by atoms with Gasteiger partial charge in [-0.1, -0.05) is 30.3 Å². The summed E-state index contributed by atoms with van der Waals surface area (Å²) < 4.78 is 40.5. The maximum Gasteiger partial charge on any atom is 0.416 e. The second-order valence-corrected chi connectivity index (χ2v) is 7.33. The molecule has 0 saturated heterocycles. The number of benzene rings is 2. The molecule has 1 aliphatic rings. The number of aryl methyl sites for hydroxylation is 1. The van der Waals surface area contributed by atoms with Crippen molar-refractivity contribution in [3.8, 4) is 0 Å². The summed E-state index contributed by atoms with van der Waals surface area (Å²) in [5.74, 6) is -0.591. The highest BCUT2D eigenvalue weighted by Gasteiger charge is 2.34. The van der Waals surface area contributed by atoms with Crippen molar-refractivity contribution in [2.45, 2.75) is 31.5 Å². The van der Waals surface area contributed by atoms with Crippen LogP contribution in [0.2, 0.25) is 0 Å². The van der Waals surface area contributed by atoms with Gasteiger partial charge in [-0.3, -0.25) is 4.79 Å². The van der Waals surface area contributed by atoms with Crippen LogP contribution in [-0.4, -0.2) is 10.5 Å². The lowest BCUT2D eigenvalue weighted by Gasteiger charge is -2.25. The molecule has 2 heterocycles. The number of carbonyl (C=O) groups excluding carboxylic acids is 1. The molecule has 2 aromatic carbocycles. The normalized spacial score (nSPS) is 19.3. The van der Waals surface area contributed by atoms with Gasteiger partial charge in [0.15, 0.2) is 0 Å². The van der Waals surface area contributed by atoms with Crippen LogP contribution in [-0.2, 0) is 17.5 Å². The van der Waals surface area contributed by atoms with Gasteiger partial charge in [0.05, 0.1) is 11.5 Å².